The first-order valence-electron chi connectivity index (χ1n) is 7.56. The quantitative estimate of drug-likeness (QED) is 0.836. The molecule has 1 fully saturated rings. The second kappa shape index (κ2) is 6.95. The molecule has 1 aromatic carbocycles. The van der Waals surface area contributed by atoms with Crippen molar-refractivity contribution in [1.82, 2.24) is 4.98 Å². The van der Waals surface area contributed by atoms with Crippen LogP contribution in [0.25, 0.3) is 0 Å². The Morgan fingerprint density at radius 1 is 1.48 bits per heavy atom. The van der Waals surface area contributed by atoms with E-state index in [4.69, 9.17) is 10.4 Å². The molecule has 2 heterocycles. The molecule has 1 saturated heterocycles. The third-order valence-corrected chi connectivity index (χ3v) is 6.27. The number of nitrogens with zero attached hydrogens (tertiary/aromatic N) is 3. The summed E-state index contributed by atoms with van der Waals surface area (Å²) in [6.45, 7) is 1.26. The number of aromatic nitrogens is 1. The van der Waals surface area contributed by atoms with Gasteiger partial charge < -0.3 is 10.2 Å². The molecule has 0 spiro atoms. The summed E-state index contributed by atoms with van der Waals surface area (Å²) in [4.78, 5) is 5.94. The molecule has 132 valence electrons. The second-order valence-electron chi connectivity index (χ2n) is 5.74. The van der Waals surface area contributed by atoms with Crippen molar-refractivity contribution in [2.75, 3.05) is 23.3 Å². The third-order valence-electron chi connectivity index (χ3n) is 3.93. The van der Waals surface area contributed by atoms with Gasteiger partial charge in [-0.15, -0.1) is 0 Å². The van der Waals surface area contributed by atoms with Gasteiger partial charge in [0.15, 0.2) is 9.34 Å². The number of anilines is 2. The van der Waals surface area contributed by atoms with E-state index in [9.17, 15) is 12.8 Å². The van der Waals surface area contributed by atoms with Crippen LogP contribution in [0.4, 0.5) is 15.2 Å². The third kappa shape index (κ3) is 4.07. The van der Waals surface area contributed by atoms with Crippen molar-refractivity contribution in [3.05, 3.63) is 35.8 Å². The molecule has 1 aromatic heterocycles. The van der Waals surface area contributed by atoms with Gasteiger partial charge in [-0.05, 0) is 31.0 Å². The molecule has 0 radical (unpaired) electrons. The van der Waals surface area contributed by atoms with Gasteiger partial charge in [-0.25, -0.2) is 22.9 Å². The number of thiazole rings is 1. The summed E-state index contributed by atoms with van der Waals surface area (Å²) in [6, 6.07) is 6.35. The Morgan fingerprint density at radius 3 is 2.92 bits per heavy atom. The molecule has 0 bridgehead atoms. The number of nitrogens with one attached hydrogen (secondary N) is 1. The maximum atomic E-state index is 14.2. The van der Waals surface area contributed by atoms with E-state index in [1.54, 1.807) is 12.1 Å². The summed E-state index contributed by atoms with van der Waals surface area (Å²) >= 11 is 0.975. The van der Waals surface area contributed by atoms with E-state index in [1.165, 1.54) is 12.3 Å². The lowest BCUT2D eigenvalue weighted by atomic mass is 10.0. The van der Waals surface area contributed by atoms with Crippen LogP contribution < -0.4 is 15.4 Å². The molecule has 1 aliphatic rings. The minimum absolute atomic E-state index is 0.000743. The van der Waals surface area contributed by atoms with E-state index in [0.717, 1.165) is 24.2 Å². The predicted octanol–water partition coefficient (Wildman–Crippen LogP) is 1.88. The van der Waals surface area contributed by atoms with Crippen LogP contribution in [0, 0.1) is 17.1 Å². The fourth-order valence-corrected chi connectivity index (χ4v) is 4.31. The fourth-order valence-electron chi connectivity index (χ4n) is 2.78. The topological polar surface area (TPSA) is 112 Å². The number of halogens is 1. The zero-order valence-corrected chi connectivity index (χ0v) is 14.8. The van der Waals surface area contributed by atoms with E-state index in [1.807, 2.05) is 11.0 Å². The number of hydrogen-bond acceptors (Lipinski definition) is 7. The molecule has 3 N–H and O–H groups in total. The molecule has 0 amide bonds. The van der Waals surface area contributed by atoms with Crippen LogP contribution in [-0.2, 0) is 10.0 Å². The number of hydrogen-bond donors (Lipinski definition) is 2. The predicted molar refractivity (Wildman–Crippen MR) is 93.5 cm³/mol. The van der Waals surface area contributed by atoms with Crippen molar-refractivity contribution in [2.45, 2.75) is 23.1 Å². The van der Waals surface area contributed by atoms with Crippen molar-refractivity contribution in [1.29, 1.82) is 5.26 Å². The molecule has 2 aromatic rings. The zero-order valence-electron chi connectivity index (χ0n) is 13.1. The molecule has 0 aliphatic carbocycles. The average Bonchev–Trinajstić information content (AvgIpc) is 3.03. The first-order chi connectivity index (χ1) is 11.9. The maximum Gasteiger partial charge on any atom is 0.249 e. The van der Waals surface area contributed by atoms with Crippen LogP contribution in [0.15, 0.2) is 28.6 Å². The largest absolute Gasteiger partial charge is 0.367 e. The van der Waals surface area contributed by atoms with Crippen LogP contribution in [0.2, 0.25) is 0 Å². The number of benzene rings is 1. The summed E-state index contributed by atoms with van der Waals surface area (Å²) in [7, 11) is -3.76. The Kier molecular flexibility index (Phi) is 4.89. The molecule has 1 aliphatic heterocycles. The standard InChI is InChI=1S/C15H16FN5O2S2/c16-12-6-10(7-17)3-4-13(12)21-5-1-2-11(9-21)20-15-19-8-14(24-15)25(18,22)23/h3-4,6,8,11H,1-2,5,9H2,(H,19,20)(H2,18,22,23). The summed E-state index contributed by atoms with van der Waals surface area (Å²) in [6.07, 6.45) is 2.94. The monoisotopic (exact) mass is 381 g/mol. The van der Waals surface area contributed by atoms with Gasteiger partial charge in [0.2, 0.25) is 10.0 Å². The van der Waals surface area contributed by atoms with Crippen molar-refractivity contribution < 1.29 is 12.8 Å². The molecular weight excluding hydrogens is 365 g/mol. The molecular formula is C15H16FN5O2S2. The molecule has 1 unspecified atom stereocenters. The van der Waals surface area contributed by atoms with Crippen molar-refractivity contribution >= 4 is 32.2 Å². The van der Waals surface area contributed by atoms with Crippen LogP contribution in [0.5, 0.6) is 0 Å². The van der Waals surface area contributed by atoms with Gasteiger partial charge in [-0.3, -0.25) is 0 Å². The molecule has 0 saturated carbocycles. The Balaban J connectivity index is 1.71. The first kappa shape index (κ1) is 17.6. The van der Waals surface area contributed by atoms with Gasteiger partial charge in [0.05, 0.1) is 23.5 Å². The van der Waals surface area contributed by atoms with Crippen LogP contribution in [-0.4, -0.2) is 32.5 Å². The van der Waals surface area contributed by atoms with Crippen molar-refractivity contribution in [3.8, 4) is 6.07 Å². The van der Waals surface area contributed by atoms with Gasteiger partial charge in [0, 0.05) is 19.1 Å². The minimum Gasteiger partial charge on any atom is -0.367 e. The Hall–Kier alpha value is -2.22. The number of rotatable bonds is 4. The van der Waals surface area contributed by atoms with Crippen molar-refractivity contribution in [3.63, 3.8) is 0 Å². The van der Waals surface area contributed by atoms with E-state index < -0.39 is 15.8 Å². The maximum absolute atomic E-state index is 14.2. The Bertz CT molecular complexity index is 922. The number of primary sulfonamides is 1. The summed E-state index contributed by atoms with van der Waals surface area (Å²) in [5.41, 5.74) is 0.737. The highest BCUT2D eigenvalue weighted by atomic mass is 32.2. The first-order valence-corrected chi connectivity index (χ1v) is 9.93. The van der Waals surface area contributed by atoms with E-state index in [0.29, 0.717) is 23.9 Å². The van der Waals surface area contributed by atoms with Crippen molar-refractivity contribution in [2.24, 2.45) is 5.14 Å². The minimum atomic E-state index is -3.76. The van der Waals surface area contributed by atoms with Crippen LogP contribution in [0.3, 0.4) is 0 Å². The fraction of sp³-hybridized carbons (Fsp3) is 0.333. The summed E-state index contributed by atoms with van der Waals surface area (Å²) < 4.78 is 36.8. The Morgan fingerprint density at radius 2 is 2.28 bits per heavy atom. The molecule has 7 nitrogen and oxygen atoms in total. The lowest BCUT2D eigenvalue weighted by Gasteiger charge is -2.34. The van der Waals surface area contributed by atoms with E-state index in [2.05, 4.69) is 10.3 Å². The lowest BCUT2D eigenvalue weighted by Crippen LogP contribution is -2.42. The van der Waals surface area contributed by atoms with Crippen LogP contribution in [0.1, 0.15) is 18.4 Å². The number of sulfonamides is 1. The Labute approximate surface area is 149 Å². The highest BCUT2D eigenvalue weighted by Gasteiger charge is 2.23. The average molecular weight is 381 g/mol. The van der Waals surface area contributed by atoms with E-state index >= 15 is 0 Å². The summed E-state index contributed by atoms with van der Waals surface area (Å²) in [5, 5.41) is 17.6. The molecule has 3 rings (SSSR count). The number of nitriles is 1. The highest BCUT2D eigenvalue weighted by Crippen LogP contribution is 2.27. The van der Waals surface area contributed by atoms with Gasteiger partial charge in [-0.2, -0.15) is 5.26 Å². The zero-order chi connectivity index (χ0) is 18.0. The van der Waals surface area contributed by atoms with Gasteiger partial charge >= 0.3 is 0 Å². The lowest BCUT2D eigenvalue weighted by molar-refractivity contribution is 0.519. The SMILES string of the molecule is N#Cc1ccc(N2CCCC(Nc3ncc(S(N)(=O)=O)s3)C2)c(F)c1. The van der Waals surface area contributed by atoms with Gasteiger partial charge in [-0.1, -0.05) is 11.3 Å². The summed E-state index contributed by atoms with van der Waals surface area (Å²) in [5.74, 6) is -0.426. The molecule has 1 atom stereocenters. The molecule has 25 heavy (non-hydrogen) atoms. The normalized spacial score (nSPS) is 18.0. The smallest absolute Gasteiger partial charge is 0.249 e. The second-order valence-corrected chi connectivity index (χ2v) is 8.56. The molecule has 10 heteroatoms. The van der Waals surface area contributed by atoms with E-state index in [-0.39, 0.29) is 15.8 Å². The van der Waals surface area contributed by atoms with Crippen LogP contribution >= 0.6 is 11.3 Å². The van der Waals surface area contributed by atoms with Gasteiger partial charge in [0.1, 0.15) is 5.82 Å². The number of piperidine rings is 1. The van der Waals surface area contributed by atoms with Gasteiger partial charge in [0.25, 0.3) is 0 Å². The number of nitrogens with two attached hydrogens (primary N) is 1. The highest BCUT2D eigenvalue weighted by molar-refractivity contribution is 7.91.